The van der Waals surface area contributed by atoms with Gasteiger partial charge in [-0.25, -0.2) is 9.79 Å². The van der Waals surface area contributed by atoms with Crippen molar-refractivity contribution in [2.24, 2.45) is 21.6 Å². The molecule has 1 amide bonds. The zero-order valence-electron chi connectivity index (χ0n) is 18.4. The van der Waals surface area contributed by atoms with Gasteiger partial charge in [-0.05, 0) is 29.7 Å². The molecule has 0 fully saturated rings. The zero-order chi connectivity index (χ0) is 23.8. The van der Waals surface area contributed by atoms with Crippen LogP contribution >= 0.6 is 11.3 Å². The highest BCUT2D eigenvalue weighted by Crippen LogP contribution is 2.37. The van der Waals surface area contributed by atoms with Crippen LogP contribution in [0.15, 0.2) is 64.4 Å². The summed E-state index contributed by atoms with van der Waals surface area (Å²) >= 11 is 1.37. The van der Waals surface area contributed by atoms with Gasteiger partial charge in [0, 0.05) is 52.6 Å². The molecule has 0 bridgehead atoms. The minimum absolute atomic E-state index is 0.108. The molecular formula is C24H24N6O3S. The number of aliphatic imine (C=N–C) groups is 2. The average Bonchev–Trinajstić information content (AvgIpc) is 3.56. The predicted octanol–water partition coefficient (Wildman–Crippen LogP) is 2.59. The van der Waals surface area contributed by atoms with E-state index in [9.17, 15) is 14.7 Å². The Kier molecular flexibility index (Phi) is 5.66. The standard InChI is InChI=1S/C24H24N6O3S/c1-12(15-10-27-21-16(15)11-28-24(25)30-21)19-6-7-20(34-19)22(31)29-18(23(32)33)8-13-9-26-17-5-3-2-4-14(13)17/h2-7,9,11-12,15,18,26H,8,10H2,1H3,(H,29,31)(H,32,33)(H3,25,27,28,30)/t12?,15?,18-/m0/s1. The van der Waals surface area contributed by atoms with Gasteiger partial charge in [0.15, 0.2) is 5.96 Å². The Bertz CT molecular complexity index is 1370. The number of fused-ring (bicyclic) bond motifs is 2. The molecule has 174 valence electrons. The fourth-order valence-electron chi connectivity index (χ4n) is 4.41. The van der Waals surface area contributed by atoms with Gasteiger partial charge < -0.3 is 26.5 Å². The fourth-order valence-corrected chi connectivity index (χ4v) is 5.44. The molecule has 2 unspecified atom stereocenters. The second-order valence-electron chi connectivity index (χ2n) is 8.44. The van der Waals surface area contributed by atoms with Crippen molar-refractivity contribution in [1.29, 1.82) is 0 Å². The molecule has 9 nitrogen and oxygen atoms in total. The van der Waals surface area contributed by atoms with Crippen LogP contribution in [0.4, 0.5) is 0 Å². The monoisotopic (exact) mass is 476 g/mol. The van der Waals surface area contributed by atoms with Crippen molar-refractivity contribution < 1.29 is 14.7 Å². The Morgan fingerprint density at radius 2 is 2.12 bits per heavy atom. The first-order valence-corrected chi connectivity index (χ1v) is 11.8. The number of carbonyl (C=O) groups excluding carboxylic acids is 1. The summed E-state index contributed by atoms with van der Waals surface area (Å²) < 4.78 is 0. The van der Waals surface area contributed by atoms with Gasteiger partial charge >= 0.3 is 5.97 Å². The van der Waals surface area contributed by atoms with E-state index < -0.39 is 17.9 Å². The largest absolute Gasteiger partial charge is 0.480 e. The summed E-state index contributed by atoms with van der Waals surface area (Å²) in [6, 6.07) is 10.3. The van der Waals surface area contributed by atoms with Crippen LogP contribution < -0.4 is 16.4 Å². The van der Waals surface area contributed by atoms with Crippen LogP contribution in [-0.2, 0) is 11.2 Å². The number of nitrogens with zero attached hydrogens (tertiary/aromatic N) is 2. The van der Waals surface area contributed by atoms with Crippen molar-refractivity contribution >= 4 is 45.9 Å². The third-order valence-corrected chi connectivity index (χ3v) is 7.60. The predicted molar refractivity (Wildman–Crippen MR) is 132 cm³/mol. The summed E-state index contributed by atoms with van der Waals surface area (Å²) in [5.41, 5.74) is 8.50. The molecule has 3 atom stereocenters. The van der Waals surface area contributed by atoms with Gasteiger partial charge in [0.25, 0.3) is 5.91 Å². The van der Waals surface area contributed by atoms with E-state index in [-0.39, 0.29) is 18.3 Å². The molecule has 6 N–H and O–H groups in total. The Balaban J connectivity index is 1.29. The lowest BCUT2D eigenvalue weighted by atomic mass is 9.87. The number of aromatic nitrogens is 1. The second-order valence-corrected chi connectivity index (χ2v) is 9.55. The van der Waals surface area contributed by atoms with Crippen LogP contribution in [-0.4, -0.2) is 46.3 Å². The van der Waals surface area contributed by atoms with E-state index >= 15 is 0 Å². The first-order chi connectivity index (χ1) is 16.4. The first kappa shape index (κ1) is 21.9. The van der Waals surface area contributed by atoms with E-state index in [0.717, 1.165) is 32.8 Å². The molecule has 2 aliphatic heterocycles. The lowest BCUT2D eigenvalue weighted by Gasteiger charge is -2.21. The van der Waals surface area contributed by atoms with Crippen molar-refractivity contribution in [1.82, 2.24) is 15.6 Å². The van der Waals surface area contributed by atoms with E-state index in [1.807, 2.05) is 30.3 Å². The normalized spacial score (nSPS) is 18.9. The van der Waals surface area contributed by atoms with E-state index in [1.54, 1.807) is 18.5 Å². The van der Waals surface area contributed by atoms with E-state index in [1.165, 1.54) is 11.3 Å². The van der Waals surface area contributed by atoms with Gasteiger partial charge in [0.1, 0.15) is 11.9 Å². The van der Waals surface area contributed by atoms with Gasteiger partial charge in [-0.2, -0.15) is 0 Å². The van der Waals surface area contributed by atoms with Gasteiger partial charge in [0.2, 0.25) is 0 Å². The number of carboxylic acids is 1. The minimum atomic E-state index is -1.07. The van der Waals surface area contributed by atoms with Crippen molar-refractivity contribution in [3.63, 3.8) is 0 Å². The number of hydrogen-bond donors (Lipinski definition) is 5. The van der Waals surface area contributed by atoms with Crippen molar-refractivity contribution in [3.05, 3.63) is 69.7 Å². The zero-order valence-corrected chi connectivity index (χ0v) is 19.2. The Hall–Kier alpha value is -3.92. The maximum absolute atomic E-state index is 12.9. The molecule has 4 heterocycles. The van der Waals surface area contributed by atoms with Gasteiger partial charge in [-0.3, -0.25) is 9.79 Å². The molecule has 2 aromatic heterocycles. The number of aromatic amines is 1. The molecule has 34 heavy (non-hydrogen) atoms. The molecule has 0 saturated carbocycles. The van der Waals surface area contributed by atoms with Gasteiger partial charge in [-0.1, -0.05) is 25.1 Å². The van der Waals surface area contributed by atoms with Crippen molar-refractivity contribution in [2.45, 2.75) is 25.3 Å². The number of amidine groups is 1. The number of nitrogens with one attached hydrogen (secondary N) is 3. The molecule has 0 spiro atoms. The number of thiophene rings is 1. The lowest BCUT2D eigenvalue weighted by molar-refractivity contribution is -0.139. The van der Waals surface area contributed by atoms with Crippen LogP contribution in [0.25, 0.3) is 10.9 Å². The topological polar surface area (TPSA) is 145 Å². The van der Waals surface area contributed by atoms with E-state index in [0.29, 0.717) is 17.4 Å². The summed E-state index contributed by atoms with van der Waals surface area (Å²) in [5, 5.41) is 16.4. The second kappa shape index (κ2) is 8.79. The number of guanidine groups is 1. The quantitative estimate of drug-likeness (QED) is 0.356. The number of rotatable bonds is 7. The molecule has 2 aliphatic rings. The Labute approximate surface area is 199 Å². The Morgan fingerprint density at radius 3 is 2.94 bits per heavy atom. The van der Waals surface area contributed by atoms with Crippen LogP contribution in [0.5, 0.6) is 0 Å². The maximum Gasteiger partial charge on any atom is 0.326 e. The number of hydrogen-bond acceptors (Lipinski definition) is 7. The third-order valence-electron chi connectivity index (χ3n) is 6.31. The van der Waals surface area contributed by atoms with Crippen LogP contribution in [0.3, 0.4) is 0 Å². The SMILES string of the molecule is CC(c1ccc(C(=O)N[C@@H](Cc2c[nH]c3ccccc23)C(=O)O)s1)C1CN=C2NC(N)=NC=C21. The molecule has 0 aliphatic carbocycles. The summed E-state index contributed by atoms with van der Waals surface area (Å²) in [5.74, 6) is -0.155. The van der Waals surface area contributed by atoms with Gasteiger partial charge in [0.05, 0.1) is 4.88 Å². The number of carboxylic acid groups (broad SMARTS) is 1. The van der Waals surface area contributed by atoms with Crippen molar-refractivity contribution in [3.8, 4) is 0 Å². The third kappa shape index (κ3) is 4.08. The molecular weight excluding hydrogens is 452 g/mol. The minimum Gasteiger partial charge on any atom is -0.480 e. The van der Waals surface area contributed by atoms with Gasteiger partial charge in [-0.15, -0.1) is 11.3 Å². The number of amides is 1. The summed E-state index contributed by atoms with van der Waals surface area (Å²) in [6.07, 6.45) is 3.73. The summed E-state index contributed by atoms with van der Waals surface area (Å²) in [6.45, 7) is 2.71. The number of carbonyl (C=O) groups is 2. The van der Waals surface area contributed by atoms with Crippen molar-refractivity contribution in [2.75, 3.05) is 6.54 Å². The van der Waals surface area contributed by atoms with Crippen LogP contribution in [0.1, 0.15) is 33.0 Å². The summed E-state index contributed by atoms with van der Waals surface area (Å²) in [4.78, 5) is 38.2. The number of para-hydroxylation sites is 1. The number of nitrogens with two attached hydrogens (primary N) is 1. The Morgan fingerprint density at radius 1 is 1.29 bits per heavy atom. The first-order valence-electron chi connectivity index (χ1n) is 10.9. The highest BCUT2D eigenvalue weighted by Gasteiger charge is 2.33. The van der Waals surface area contributed by atoms with Crippen LogP contribution in [0.2, 0.25) is 0 Å². The van der Waals surface area contributed by atoms with E-state index in [2.05, 4.69) is 32.5 Å². The summed E-state index contributed by atoms with van der Waals surface area (Å²) in [7, 11) is 0. The molecule has 1 aromatic carbocycles. The van der Waals surface area contributed by atoms with E-state index in [4.69, 9.17) is 5.73 Å². The lowest BCUT2D eigenvalue weighted by Crippen LogP contribution is -2.42. The number of aliphatic carboxylic acids is 1. The molecule has 5 rings (SSSR count). The van der Waals surface area contributed by atoms with Crippen LogP contribution in [0, 0.1) is 5.92 Å². The number of H-pyrrole nitrogens is 1. The number of benzene rings is 1. The maximum atomic E-state index is 12.9. The highest BCUT2D eigenvalue weighted by molar-refractivity contribution is 7.14. The molecule has 0 saturated heterocycles. The molecule has 3 aromatic rings. The smallest absolute Gasteiger partial charge is 0.326 e. The fraction of sp³-hybridized carbons (Fsp3) is 0.250. The average molecular weight is 477 g/mol. The highest BCUT2D eigenvalue weighted by atomic mass is 32.1. The molecule has 10 heteroatoms. The molecule has 0 radical (unpaired) electrons.